The van der Waals surface area contributed by atoms with Crippen LogP contribution in [0.25, 0.3) is 11.0 Å². The standard InChI is InChI=1S/C31H29F4N3O4/c1-18-24-14-28(42-17-19-2-5-22(32)6-3-19)25(31(33,34)35)12-20(24)8-10-37(18)16-29-36-26-7-4-21(30(39)40)13-27(26)38(29)15-23-9-11-41-23/h2-7,12-14,18,23H,8-11,15-17H2,1H3,(H,39,40)/t18-,23-/m0/s1. The lowest BCUT2D eigenvalue weighted by Gasteiger charge is -2.36. The molecule has 0 radical (unpaired) electrons. The fraction of sp³-hybridized carbons (Fsp3) is 0.355. The third kappa shape index (κ3) is 5.58. The Kier molecular flexibility index (Phi) is 7.40. The number of carbonyl (C=O) groups is 1. The van der Waals surface area contributed by atoms with Crippen molar-refractivity contribution in [2.45, 2.75) is 57.8 Å². The van der Waals surface area contributed by atoms with Gasteiger partial charge in [-0.25, -0.2) is 14.2 Å². The van der Waals surface area contributed by atoms with Gasteiger partial charge in [0.25, 0.3) is 0 Å². The van der Waals surface area contributed by atoms with E-state index in [1.807, 2.05) is 11.5 Å². The summed E-state index contributed by atoms with van der Waals surface area (Å²) in [7, 11) is 0. The molecule has 0 unspecified atom stereocenters. The van der Waals surface area contributed by atoms with Crippen LogP contribution < -0.4 is 4.74 Å². The van der Waals surface area contributed by atoms with Gasteiger partial charge in [0.2, 0.25) is 0 Å². The van der Waals surface area contributed by atoms with Gasteiger partial charge in [-0.3, -0.25) is 4.90 Å². The molecule has 220 valence electrons. The van der Waals surface area contributed by atoms with Gasteiger partial charge in [-0.15, -0.1) is 0 Å². The highest BCUT2D eigenvalue weighted by molar-refractivity contribution is 5.92. The first-order valence-electron chi connectivity index (χ1n) is 13.8. The summed E-state index contributed by atoms with van der Waals surface area (Å²) in [5, 5.41) is 9.52. The van der Waals surface area contributed by atoms with Crippen molar-refractivity contribution in [2.75, 3.05) is 13.2 Å². The van der Waals surface area contributed by atoms with Gasteiger partial charge in [-0.1, -0.05) is 12.1 Å². The van der Waals surface area contributed by atoms with Crippen molar-refractivity contribution < 1.29 is 36.9 Å². The molecule has 11 heteroatoms. The lowest BCUT2D eigenvalue weighted by Crippen LogP contribution is -2.36. The zero-order valence-electron chi connectivity index (χ0n) is 22.8. The van der Waals surface area contributed by atoms with E-state index in [2.05, 4.69) is 4.90 Å². The summed E-state index contributed by atoms with van der Waals surface area (Å²) in [4.78, 5) is 18.6. The maximum Gasteiger partial charge on any atom is 0.419 e. The number of carboxylic acid groups (broad SMARTS) is 1. The Hall–Kier alpha value is -3.96. The first-order chi connectivity index (χ1) is 20.1. The van der Waals surface area contributed by atoms with Crippen LogP contribution in [0.4, 0.5) is 17.6 Å². The number of aromatic carboxylic acids is 1. The van der Waals surface area contributed by atoms with Crippen molar-refractivity contribution >= 4 is 17.0 Å². The third-order valence-electron chi connectivity index (χ3n) is 8.12. The zero-order chi connectivity index (χ0) is 29.6. The van der Waals surface area contributed by atoms with Gasteiger partial charge >= 0.3 is 12.1 Å². The normalized spacial score (nSPS) is 19.0. The maximum atomic E-state index is 14.0. The molecular weight excluding hydrogens is 554 g/mol. The highest BCUT2D eigenvalue weighted by Crippen LogP contribution is 2.42. The number of ether oxygens (including phenoxy) is 2. The summed E-state index contributed by atoms with van der Waals surface area (Å²) in [5.41, 5.74) is 2.61. The van der Waals surface area contributed by atoms with Crippen molar-refractivity contribution in [3.8, 4) is 5.75 Å². The molecular formula is C31H29F4N3O4. The fourth-order valence-corrected chi connectivity index (χ4v) is 5.64. The number of hydrogen-bond donors (Lipinski definition) is 1. The van der Waals surface area contributed by atoms with Crippen molar-refractivity contribution in [3.63, 3.8) is 0 Å². The van der Waals surface area contributed by atoms with Crippen LogP contribution in [-0.2, 0) is 37.0 Å². The Labute approximate surface area is 239 Å². The number of carboxylic acids is 1. The predicted octanol–water partition coefficient (Wildman–Crippen LogP) is 6.38. The average Bonchev–Trinajstić information content (AvgIpc) is 3.27. The highest BCUT2D eigenvalue weighted by Gasteiger charge is 2.37. The molecule has 1 aromatic heterocycles. The van der Waals surface area contributed by atoms with Crippen LogP contribution in [0.1, 0.15) is 57.8 Å². The summed E-state index contributed by atoms with van der Waals surface area (Å²) in [5.74, 6) is -0.996. The van der Waals surface area contributed by atoms with E-state index >= 15 is 0 Å². The quantitative estimate of drug-likeness (QED) is 0.243. The van der Waals surface area contributed by atoms with Crippen LogP contribution in [0.15, 0.2) is 54.6 Å². The summed E-state index contributed by atoms with van der Waals surface area (Å²) in [6.07, 6.45) is -3.28. The SMILES string of the molecule is C[C@H]1c2cc(OCc3ccc(F)cc3)c(C(F)(F)F)cc2CCN1Cc1nc2ccc(C(=O)O)cc2n1C[C@@H]1CCO1. The summed E-state index contributed by atoms with van der Waals surface area (Å²) < 4.78 is 68.7. The molecule has 2 aliphatic rings. The van der Waals surface area contributed by atoms with E-state index in [0.29, 0.717) is 54.8 Å². The topological polar surface area (TPSA) is 76.8 Å². The molecule has 0 aliphatic carbocycles. The van der Waals surface area contributed by atoms with Crippen molar-refractivity contribution in [1.82, 2.24) is 14.5 Å². The highest BCUT2D eigenvalue weighted by atomic mass is 19.4. The molecule has 3 aromatic carbocycles. The molecule has 0 saturated carbocycles. The molecule has 0 spiro atoms. The number of aromatic nitrogens is 2. The summed E-state index contributed by atoms with van der Waals surface area (Å²) in [6.45, 7) is 3.95. The third-order valence-corrected chi connectivity index (χ3v) is 8.12. The van der Waals surface area contributed by atoms with E-state index in [1.165, 1.54) is 42.5 Å². The van der Waals surface area contributed by atoms with E-state index in [-0.39, 0.29) is 30.1 Å². The van der Waals surface area contributed by atoms with Gasteiger partial charge in [-0.05, 0) is 78.9 Å². The minimum absolute atomic E-state index is 0.00995. The summed E-state index contributed by atoms with van der Waals surface area (Å²) in [6, 6.07) is 12.7. The van der Waals surface area contributed by atoms with E-state index < -0.39 is 23.5 Å². The second-order valence-corrected chi connectivity index (χ2v) is 10.8. The smallest absolute Gasteiger partial charge is 0.419 e. The second-order valence-electron chi connectivity index (χ2n) is 10.8. The number of benzene rings is 3. The Bertz CT molecular complexity index is 1630. The van der Waals surface area contributed by atoms with E-state index in [9.17, 15) is 27.5 Å². The summed E-state index contributed by atoms with van der Waals surface area (Å²) >= 11 is 0. The van der Waals surface area contributed by atoms with Crippen LogP contribution in [-0.4, -0.2) is 44.8 Å². The number of fused-ring (bicyclic) bond motifs is 2. The molecule has 6 rings (SSSR count). The fourth-order valence-electron chi connectivity index (χ4n) is 5.64. The number of imidazole rings is 1. The van der Waals surface area contributed by atoms with Gasteiger partial charge in [0.15, 0.2) is 0 Å². The van der Waals surface area contributed by atoms with Crippen LogP contribution in [0.3, 0.4) is 0 Å². The first-order valence-corrected chi connectivity index (χ1v) is 13.8. The average molecular weight is 584 g/mol. The number of hydrogen-bond acceptors (Lipinski definition) is 5. The minimum atomic E-state index is -4.60. The van der Waals surface area contributed by atoms with Gasteiger partial charge in [0.05, 0.1) is 41.4 Å². The van der Waals surface area contributed by atoms with Gasteiger partial charge < -0.3 is 19.1 Å². The molecule has 7 nitrogen and oxygen atoms in total. The molecule has 1 saturated heterocycles. The van der Waals surface area contributed by atoms with Gasteiger partial charge in [0, 0.05) is 19.2 Å². The van der Waals surface area contributed by atoms with Crippen LogP contribution in [0, 0.1) is 5.82 Å². The lowest BCUT2D eigenvalue weighted by atomic mass is 9.91. The molecule has 1 fully saturated rings. The Morgan fingerprint density at radius 3 is 2.57 bits per heavy atom. The van der Waals surface area contributed by atoms with Crippen LogP contribution in [0.5, 0.6) is 5.75 Å². The Balaban J connectivity index is 1.30. The number of alkyl halides is 3. The monoisotopic (exact) mass is 583 g/mol. The van der Waals surface area contributed by atoms with Crippen LogP contribution >= 0.6 is 0 Å². The lowest BCUT2D eigenvalue weighted by molar-refractivity contribution is -0.139. The number of halogens is 4. The first kappa shape index (κ1) is 28.2. The second kappa shape index (κ2) is 11.0. The molecule has 42 heavy (non-hydrogen) atoms. The van der Waals surface area contributed by atoms with E-state index in [0.717, 1.165) is 17.8 Å². The van der Waals surface area contributed by atoms with E-state index in [4.69, 9.17) is 14.5 Å². The van der Waals surface area contributed by atoms with Gasteiger partial charge in [-0.2, -0.15) is 13.2 Å². The molecule has 2 atom stereocenters. The van der Waals surface area contributed by atoms with Crippen molar-refractivity contribution in [3.05, 3.63) is 94.1 Å². The minimum Gasteiger partial charge on any atom is -0.488 e. The van der Waals surface area contributed by atoms with Crippen molar-refractivity contribution in [1.29, 1.82) is 0 Å². The molecule has 2 aliphatic heterocycles. The molecule has 0 bridgehead atoms. The van der Waals surface area contributed by atoms with Crippen molar-refractivity contribution in [2.24, 2.45) is 0 Å². The molecule has 4 aromatic rings. The zero-order valence-corrected chi connectivity index (χ0v) is 22.8. The van der Waals surface area contributed by atoms with Gasteiger partial charge in [0.1, 0.15) is 24.0 Å². The molecule has 1 N–H and O–H groups in total. The Morgan fingerprint density at radius 1 is 1.14 bits per heavy atom. The molecule has 3 heterocycles. The largest absolute Gasteiger partial charge is 0.488 e. The predicted molar refractivity (Wildman–Crippen MR) is 146 cm³/mol. The van der Waals surface area contributed by atoms with E-state index in [1.54, 1.807) is 12.1 Å². The molecule has 0 amide bonds. The number of rotatable bonds is 8. The Morgan fingerprint density at radius 2 is 1.90 bits per heavy atom. The van der Waals surface area contributed by atoms with Crippen LogP contribution in [0.2, 0.25) is 0 Å². The maximum absolute atomic E-state index is 14.0. The number of nitrogens with zero attached hydrogens (tertiary/aromatic N) is 3.